The van der Waals surface area contributed by atoms with Crippen LogP contribution in [0.15, 0.2) is 30.3 Å². The van der Waals surface area contributed by atoms with Gasteiger partial charge in [0.15, 0.2) is 11.6 Å². The van der Waals surface area contributed by atoms with Crippen molar-refractivity contribution >= 4 is 17.5 Å². The topological polar surface area (TPSA) is 89.1 Å². The van der Waals surface area contributed by atoms with Gasteiger partial charge in [-0.2, -0.15) is 0 Å². The summed E-state index contributed by atoms with van der Waals surface area (Å²) in [5.74, 6) is 3.07. The fourth-order valence-corrected chi connectivity index (χ4v) is 4.17. The van der Waals surface area contributed by atoms with Crippen LogP contribution < -0.4 is 24.6 Å². The Kier molecular flexibility index (Phi) is 7.26. The number of anilines is 2. The average Bonchev–Trinajstić information content (AvgIpc) is 2.87. The van der Waals surface area contributed by atoms with Crippen molar-refractivity contribution in [3.8, 4) is 11.5 Å². The molecule has 4 rings (SSSR count). The lowest BCUT2D eigenvalue weighted by Crippen LogP contribution is -2.43. The van der Waals surface area contributed by atoms with Crippen LogP contribution in [-0.2, 0) is 16.1 Å². The lowest BCUT2D eigenvalue weighted by atomic mass is 9.97. The predicted molar refractivity (Wildman–Crippen MR) is 121 cm³/mol. The van der Waals surface area contributed by atoms with Crippen LogP contribution in [0.4, 0.5) is 11.6 Å². The molecule has 2 aromatic rings. The highest BCUT2D eigenvalue weighted by atomic mass is 16.5. The molecule has 3 heterocycles. The maximum Gasteiger partial charge on any atom is 0.225 e. The molecule has 0 radical (unpaired) electrons. The van der Waals surface area contributed by atoms with E-state index in [0.717, 1.165) is 68.6 Å². The van der Waals surface area contributed by atoms with Crippen molar-refractivity contribution in [2.24, 2.45) is 5.92 Å². The van der Waals surface area contributed by atoms with Crippen LogP contribution >= 0.6 is 0 Å². The minimum atomic E-state index is -0.0892. The number of rotatable bonds is 7. The molecule has 1 unspecified atom stereocenters. The molecule has 1 atom stereocenters. The predicted octanol–water partition coefficient (Wildman–Crippen LogP) is 1.86. The molecule has 9 nitrogen and oxygen atoms in total. The SMILES string of the molecule is COc1ccc(CNC(=O)C2CCCN(c3ccc(N4CCOCC4)nn3)C2)c(OC)c1. The first kappa shape index (κ1) is 22.1. The number of morpholine rings is 1. The molecule has 172 valence electrons. The Morgan fingerprint density at radius 3 is 2.50 bits per heavy atom. The summed E-state index contributed by atoms with van der Waals surface area (Å²) < 4.78 is 16.1. The standard InChI is InChI=1S/C23H31N5O4/c1-30-19-6-5-17(20(14-19)31-2)15-24-23(29)18-4-3-9-28(16-18)22-8-7-21(25-26-22)27-10-12-32-13-11-27/h5-8,14,18H,3-4,9-13,15-16H2,1-2H3,(H,24,29). The second kappa shape index (κ2) is 10.5. The molecule has 0 spiro atoms. The molecule has 9 heteroatoms. The number of piperidine rings is 1. The molecule has 0 aliphatic carbocycles. The van der Waals surface area contributed by atoms with Gasteiger partial charge in [-0.25, -0.2) is 0 Å². The third kappa shape index (κ3) is 5.21. The van der Waals surface area contributed by atoms with E-state index in [9.17, 15) is 4.79 Å². The Bertz CT molecular complexity index is 902. The van der Waals surface area contributed by atoms with Crippen molar-refractivity contribution in [1.29, 1.82) is 0 Å². The van der Waals surface area contributed by atoms with Gasteiger partial charge in [-0.3, -0.25) is 4.79 Å². The Hall–Kier alpha value is -3.07. The zero-order valence-corrected chi connectivity index (χ0v) is 18.7. The average molecular weight is 442 g/mol. The smallest absolute Gasteiger partial charge is 0.225 e. The molecule has 1 aromatic heterocycles. The summed E-state index contributed by atoms with van der Waals surface area (Å²) in [4.78, 5) is 17.2. The molecule has 2 aliphatic rings. The Balaban J connectivity index is 1.34. The van der Waals surface area contributed by atoms with E-state index >= 15 is 0 Å². The van der Waals surface area contributed by atoms with E-state index in [2.05, 4.69) is 25.3 Å². The fourth-order valence-electron chi connectivity index (χ4n) is 4.17. The summed E-state index contributed by atoms with van der Waals surface area (Å²) in [6.45, 7) is 5.02. The van der Waals surface area contributed by atoms with Gasteiger partial charge in [-0.1, -0.05) is 0 Å². The second-order valence-electron chi connectivity index (χ2n) is 8.03. The van der Waals surface area contributed by atoms with Gasteiger partial charge in [0.1, 0.15) is 11.5 Å². The van der Waals surface area contributed by atoms with E-state index in [1.165, 1.54) is 0 Å². The van der Waals surface area contributed by atoms with Crippen LogP contribution in [0.25, 0.3) is 0 Å². The molecular weight excluding hydrogens is 410 g/mol. The first-order chi connectivity index (χ1) is 15.7. The van der Waals surface area contributed by atoms with Gasteiger partial charge in [-0.15, -0.1) is 10.2 Å². The van der Waals surface area contributed by atoms with Crippen molar-refractivity contribution in [2.45, 2.75) is 19.4 Å². The monoisotopic (exact) mass is 441 g/mol. The molecular formula is C23H31N5O4. The first-order valence-corrected chi connectivity index (χ1v) is 11.1. The van der Waals surface area contributed by atoms with Gasteiger partial charge in [0.25, 0.3) is 0 Å². The highest BCUT2D eigenvalue weighted by Gasteiger charge is 2.27. The van der Waals surface area contributed by atoms with E-state index in [-0.39, 0.29) is 11.8 Å². The van der Waals surface area contributed by atoms with Gasteiger partial charge in [0.05, 0.1) is 33.4 Å². The summed E-state index contributed by atoms with van der Waals surface area (Å²) in [7, 11) is 3.23. The summed E-state index contributed by atoms with van der Waals surface area (Å²) in [6.07, 6.45) is 1.80. The number of hydrogen-bond donors (Lipinski definition) is 1. The van der Waals surface area contributed by atoms with Crippen molar-refractivity contribution in [1.82, 2.24) is 15.5 Å². The number of carbonyl (C=O) groups excluding carboxylic acids is 1. The number of carbonyl (C=O) groups is 1. The van der Waals surface area contributed by atoms with Gasteiger partial charge >= 0.3 is 0 Å². The van der Waals surface area contributed by atoms with Crippen LogP contribution in [0.5, 0.6) is 11.5 Å². The summed E-state index contributed by atoms with van der Waals surface area (Å²) >= 11 is 0. The largest absolute Gasteiger partial charge is 0.497 e. The number of nitrogens with zero attached hydrogens (tertiary/aromatic N) is 4. The van der Waals surface area contributed by atoms with Crippen LogP contribution in [0.2, 0.25) is 0 Å². The molecule has 2 saturated heterocycles. The highest BCUT2D eigenvalue weighted by molar-refractivity contribution is 5.79. The van der Waals surface area contributed by atoms with Crippen molar-refractivity contribution in [2.75, 3.05) is 63.4 Å². The lowest BCUT2D eigenvalue weighted by molar-refractivity contribution is -0.125. The zero-order valence-electron chi connectivity index (χ0n) is 18.7. The van der Waals surface area contributed by atoms with Crippen LogP contribution in [-0.4, -0.2) is 69.7 Å². The zero-order chi connectivity index (χ0) is 22.3. The number of benzene rings is 1. The molecule has 32 heavy (non-hydrogen) atoms. The molecule has 1 aromatic carbocycles. The summed E-state index contributed by atoms with van der Waals surface area (Å²) in [6, 6.07) is 9.61. The first-order valence-electron chi connectivity index (χ1n) is 11.1. The molecule has 1 amide bonds. The number of ether oxygens (including phenoxy) is 3. The van der Waals surface area contributed by atoms with E-state index in [4.69, 9.17) is 14.2 Å². The number of hydrogen-bond acceptors (Lipinski definition) is 8. The van der Waals surface area contributed by atoms with E-state index in [1.54, 1.807) is 14.2 Å². The Morgan fingerprint density at radius 2 is 1.81 bits per heavy atom. The van der Waals surface area contributed by atoms with Crippen molar-refractivity contribution in [3.63, 3.8) is 0 Å². The van der Waals surface area contributed by atoms with Crippen LogP contribution in [0.3, 0.4) is 0 Å². The third-order valence-corrected chi connectivity index (χ3v) is 6.03. The van der Waals surface area contributed by atoms with Crippen molar-refractivity contribution in [3.05, 3.63) is 35.9 Å². The number of methoxy groups -OCH3 is 2. The van der Waals surface area contributed by atoms with Crippen molar-refractivity contribution < 1.29 is 19.0 Å². The minimum absolute atomic E-state index is 0.0467. The Morgan fingerprint density at radius 1 is 1.06 bits per heavy atom. The highest BCUT2D eigenvalue weighted by Crippen LogP contribution is 2.26. The quantitative estimate of drug-likeness (QED) is 0.697. The van der Waals surface area contributed by atoms with Crippen LogP contribution in [0.1, 0.15) is 18.4 Å². The lowest BCUT2D eigenvalue weighted by Gasteiger charge is -2.33. The number of aromatic nitrogens is 2. The van der Waals surface area contributed by atoms with Gasteiger partial charge in [-0.05, 0) is 37.1 Å². The minimum Gasteiger partial charge on any atom is -0.497 e. The fraction of sp³-hybridized carbons (Fsp3) is 0.522. The van der Waals surface area contributed by atoms with Crippen LogP contribution in [0, 0.1) is 5.92 Å². The number of amides is 1. The van der Waals surface area contributed by atoms with E-state index in [0.29, 0.717) is 18.8 Å². The van der Waals surface area contributed by atoms with Gasteiger partial charge < -0.3 is 29.3 Å². The molecule has 0 bridgehead atoms. The molecule has 0 saturated carbocycles. The maximum atomic E-state index is 12.9. The summed E-state index contributed by atoms with van der Waals surface area (Å²) in [5, 5.41) is 11.9. The normalized spacial score (nSPS) is 18.9. The Labute approximate surface area is 188 Å². The van der Waals surface area contributed by atoms with E-state index < -0.39 is 0 Å². The molecule has 2 aliphatic heterocycles. The molecule has 1 N–H and O–H groups in total. The summed E-state index contributed by atoms with van der Waals surface area (Å²) in [5.41, 5.74) is 0.916. The third-order valence-electron chi connectivity index (χ3n) is 6.03. The number of nitrogens with one attached hydrogen (secondary N) is 1. The van der Waals surface area contributed by atoms with Gasteiger partial charge in [0, 0.05) is 44.4 Å². The van der Waals surface area contributed by atoms with Gasteiger partial charge in [0.2, 0.25) is 5.91 Å². The molecule has 2 fully saturated rings. The maximum absolute atomic E-state index is 12.9. The second-order valence-corrected chi connectivity index (χ2v) is 8.03. The van der Waals surface area contributed by atoms with E-state index in [1.807, 2.05) is 30.3 Å².